The molecule has 0 unspecified atom stereocenters. The van der Waals surface area contributed by atoms with E-state index in [0.717, 1.165) is 26.2 Å². The highest BCUT2D eigenvalue weighted by Gasteiger charge is 1.92. The molecule has 0 spiro atoms. The molecule has 2 heteroatoms. The summed E-state index contributed by atoms with van der Waals surface area (Å²) in [6, 6.07) is 0. The average Bonchev–Trinajstić information content (AvgIpc) is 2.45. The summed E-state index contributed by atoms with van der Waals surface area (Å²) >= 11 is 0. The molecule has 0 bridgehead atoms. The first-order chi connectivity index (χ1) is 9.91. The third-order valence-electron chi connectivity index (χ3n) is 3.50. The third kappa shape index (κ3) is 17.7. The lowest BCUT2D eigenvalue weighted by molar-refractivity contribution is 0.138. The van der Waals surface area contributed by atoms with Gasteiger partial charge in [-0.25, -0.2) is 0 Å². The minimum absolute atomic E-state index is 0.838. The molecule has 1 N–H and O–H groups in total. The van der Waals surface area contributed by atoms with Gasteiger partial charge in [-0.1, -0.05) is 57.6 Å². The minimum atomic E-state index is 0.838. The van der Waals surface area contributed by atoms with Crippen LogP contribution in [0.3, 0.4) is 0 Å². The fraction of sp³-hybridized carbons (Fsp3) is 0.889. The molecule has 2 nitrogen and oxygen atoms in total. The molecule has 0 fully saturated rings. The number of likely N-dealkylation sites (N-methyl/N-ethyl adjacent to an activating group) is 1. The van der Waals surface area contributed by atoms with Gasteiger partial charge in [-0.3, -0.25) is 0 Å². The zero-order valence-corrected chi connectivity index (χ0v) is 14.0. The highest BCUT2D eigenvalue weighted by Crippen LogP contribution is 2.12. The molecule has 1 aliphatic carbocycles. The van der Waals surface area contributed by atoms with Crippen LogP contribution in [0.25, 0.3) is 0 Å². The first-order valence-electron chi connectivity index (χ1n) is 8.79. The van der Waals surface area contributed by atoms with Crippen LogP contribution in [0, 0.1) is 0 Å². The Kier molecular flexibility index (Phi) is 18.3. The molecule has 0 aromatic rings. The van der Waals surface area contributed by atoms with Crippen molar-refractivity contribution in [2.45, 2.75) is 77.6 Å². The van der Waals surface area contributed by atoms with Crippen LogP contribution in [0.5, 0.6) is 0 Å². The van der Waals surface area contributed by atoms with Gasteiger partial charge in [0.25, 0.3) is 0 Å². The summed E-state index contributed by atoms with van der Waals surface area (Å²) in [6.07, 6.45) is 20.1. The summed E-state index contributed by atoms with van der Waals surface area (Å²) in [7, 11) is 1.93. The van der Waals surface area contributed by atoms with E-state index in [9.17, 15) is 0 Å². The fourth-order valence-electron chi connectivity index (χ4n) is 2.24. The van der Waals surface area contributed by atoms with Crippen LogP contribution in [0.4, 0.5) is 0 Å². The summed E-state index contributed by atoms with van der Waals surface area (Å²) in [5.41, 5.74) is 0. The van der Waals surface area contributed by atoms with Gasteiger partial charge in [0, 0.05) is 13.2 Å². The molecule has 0 saturated heterocycles. The Morgan fingerprint density at radius 3 is 1.75 bits per heavy atom. The van der Waals surface area contributed by atoms with Crippen LogP contribution < -0.4 is 5.32 Å². The molecule has 0 radical (unpaired) electrons. The van der Waals surface area contributed by atoms with Gasteiger partial charge in [-0.2, -0.15) is 0 Å². The van der Waals surface area contributed by atoms with Gasteiger partial charge >= 0.3 is 0 Å². The van der Waals surface area contributed by atoms with Crippen molar-refractivity contribution in [2.75, 3.05) is 26.8 Å². The smallest absolute Gasteiger partial charge is 0.0590 e. The lowest BCUT2D eigenvalue weighted by Crippen LogP contribution is -2.14. The van der Waals surface area contributed by atoms with E-state index in [-0.39, 0.29) is 0 Å². The highest BCUT2D eigenvalue weighted by atomic mass is 16.5. The van der Waals surface area contributed by atoms with Crippen molar-refractivity contribution >= 4 is 0 Å². The summed E-state index contributed by atoms with van der Waals surface area (Å²) in [6.45, 7) is 4.80. The van der Waals surface area contributed by atoms with Crippen molar-refractivity contribution in [3.05, 3.63) is 12.2 Å². The van der Waals surface area contributed by atoms with Crippen LogP contribution >= 0.6 is 0 Å². The first kappa shape index (κ1) is 19.7. The third-order valence-corrected chi connectivity index (χ3v) is 3.50. The van der Waals surface area contributed by atoms with Crippen molar-refractivity contribution in [1.29, 1.82) is 0 Å². The van der Waals surface area contributed by atoms with Crippen molar-refractivity contribution in [1.82, 2.24) is 5.32 Å². The van der Waals surface area contributed by atoms with Crippen LogP contribution in [0.2, 0.25) is 0 Å². The predicted octanol–water partition coefficient (Wildman–Crippen LogP) is 5.09. The molecule has 0 amide bonds. The van der Waals surface area contributed by atoms with Gasteiger partial charge < -0.3 is 10.1 Å². The molecule has 0 saturated carbocycles. The number of hydrogen-bond donors (Lipinski definition) is 1. The maximum absolute atomic E-state index is 5.16. The number of rotatable bonds is 5. The molecule has 1 aliphatic rings. The molecule has 0 aliphatic heterocycles. The Labute approximate surface area is 127 Å². The quantitative estimate of drug-likeness (QED) is 0.560. The number of nitrogens with one attached hydrogen (secondary N) is 1. The maximum atomic E-state index is 5.16. The van der Waals surface area contributed by atoms with Crippen LogP contribution in [0.1, 0.15) is 77.6 Å². The lowest BCUT2D eigenvalue weighted by Gasteiger charge is -2.02. The molecule has 20 heavy (non-hydrogen) atoms. The lowest BCUT2D eigenvalue weighted by atomic mass is 10.0. The standard InChI is InChI=1S/C12H22.C6H15NO/c1-2-4-6-8-10-12-11-9-7-5-3-1;1-3-5-8-6-4-7-2/h1-2H,3-12H2;7H,3-6H2,1-2H3/b2-1+;. The Hall–Kier alpha value is -0.340. The monoisotopic (exact) mass is 283 g/mol. The molecular formula is C18H37NO. The van der Waals surface area contributed by atoms with Crippen LogP contribution in [-0.4, -0.2) is 26.8 Å². The second kappa shape index (κ2) is 18.7. The summed E-state index contributed by atoms with van der Waals surface area (Å²) in [4.78, 5) is 0. The van der Waals surface area contributed by atoms with E-state index in [1.165, 1.54) is 64.2 Å². The van der Waals surface area contributed by atoms with E-state index in [0.29, 0.717) is 0 Å². The second-order valence-electron chi connectivity index (χ2n) is 5.59. The molecule has 0 atom stereocenters. The maximum Gasteiger partial charge on any atom is 0.0590 e. The number of ether oxygens (including phenoxy) is 1. The van der Waals surface area contributed by atoms with Crippen molar-refractivity contribution in [2.24, 2.45) is 0 Å². The summed E-state index contributed by atoms with van der Waals surface area (Å²) in [5.74, 6) is 0. The van der Waals surface area contributed by atoms with Gasteiger partial charge in [0.1, 0.15) is 0 Å². The molecule has 0 aromatic heterocycles. The molecule has 120 valence electrons. The Bertz CT molecular complexity index is 172. The van der Waals surface area contributed by atoms with Gasteiger partial charge in [-0.05, 0) is 39.2 Å². The Morgan fingerprint density at radius 1 is 0.800 bits per heavy atom. The molecule has 0 aromatic carbocycles. The van der Waals surface area contributed by atoms with E-state index >= 15 is 0 Å². The van der Waals surface area contributed by atoms with Crippen LogP contribution in [0.15, 0.2) is 12.2 Å². The number of hydrogen-bond acceptors (Lipinski definition) is 2. The van der Waals surface area contributed by atoms with Crippen molar-refractivity contribution in [3.63, 3.8) is 0 Å². The minimum Gasteiger partial charge on any atom is -0.380 e. The zero-order valence-electron chi connectivity index (χ0n) is 14.0. The second-order valence-corrected chi connectivity index (χ2v) is 5.59. The van der Waals surface area contributed by atoms with E-state index in [1.807, 2.05) is 7.05 Å². The normalized spacial score (nSPS) is 19.1. The van der Waals surface area contributed by atoms with Crippen molar-refractivity contribution in [3.8, 4) is 0 Å². The summed E-state index contributed by atoms with van der Waals surface area (Å²) < 4.78 is 5.16. The van der Waals surface area contributed by atoms with E-state index in [4.69, 9.17) is 4.74 Å². The highest BCUT2D eigenvalue weighted by molar-refractivity contribution is 4.81. The summed E-state index contributed by atoms with van der Waals surface area (Å²) in [5, 5.41) is 3.00. The SMILES string of the molecule is C1=C/CCCCCCCCCC/1.CCCOCCNC. The predicted molar refractivity (Wildman–Crippen MR) is 90.3 cm³/mol. The Balaban J connectivity index is 0.000000396. The van der Waals surface area contributed by atoms with Crippen molar-refractivity contribution < 1.29 is 4.74 Å². The van der Waals surface area contributed by atoms with Crippen LogP contribution in [-0.2, 0) is 4.74 Å². The average molecular weight is 283 g/mol. The van der Waals surface area contributed by atoms with Gasteiger partial charge in [-0.15, -0.1) is 0 Å². The largest absolute Gasteiger partial charge is 0.380 e. The van der Waals surface area contributed by atoms with E-state index in [2.05, 4.69) is 24.4 Å². The zero-order chi connectivity index (χ0) is 14.7. The Morgan fingerprint density at radius 2 is 1.30 bits per heavy atom. The van der Waals surface area contributed by atoms with E-state index < -0.39 is 0 Å². The fourth-order valence-corrected chi connectivity index (χ4v) is 2.24. The number of allylic oxidation sites excluding steroid dienone is 2. The molecule has 0 heterocycles. The molecule has 1 rings (SSSR count). The van der Waals surface area contributed by atoms with E-state index in [1.54, 1.807) is 0 Å². The first-order valence-corrected chi connectivity index (χ1v) is 8.79. The van der Waals surface area contributed by atoms with Gasteiger partial charge in [0.2, 0.25) is 0 Å². The van der Waals surface area contributed by atoms with Gasteiger partial charge in [0.05, 0.1) is 6.61 Å². The van der Waals surface area contributed by atoms with Gasteiger partial charge in [0.15, 0.2) is 0 Å². The molecular weight excluding hydrogens is 246 g/mol. The topological polar surface area (TPSA) is 21.3 Å².